The second kappa shape index (κ2) is 5.88. The summed E-state index contributed by atoms with van der Waals surface area (Å²) in [5.41, 5.74) is 0. The maximum absolute atomic E-state index is 11.1. The van der Waals surface area contributed by atoms with Gasteiger partial charge in [-0.3, -0.25) is 9.59 Å². The minimum Gasteiger partial charge on any atom is -0.462 e. The quantitative estimate of drug-likeness (QED) is 0.708. The number of aliphatic hydroxyl groups is 1. The summed E-state index contributed by atoms with van der Waals surface area (Å²) in [5, 5.41) is 10.3. The molecule has 0 amide bonds. The molecule has 0 bridgehead atoms. The Bertz CT molecular complexity index is 420. The molecule has 2 saturated heterocycles. The zero-order chi connectivity index (χ0) is 15.8. The van der Waals surface area contributed by atoms with E-state index in [9.17, 15) is 14.7 Å². The molecule has 1 N–H and O–H groups in total. The van der Waals surface area contributed by atoms with Crippen molar-refractivity contribution in [1.82, 2.24) is 0 Å². The molecule has 2 aliphatic rings. The number of hydrogen-bond acceptors (Lipinski definition) is 8. The van der Waals surface area contributed by atoms with Gasteiger partial charge in [-0.05, 0) is 13.8 Å². The zero-order valence-corrected chi connectivity index (χ0v) is 12.4. The Labute approximate surface area is 122 Å². The van der Waals surface area contributed by atoms with Crippen molar-refractivity contribution in [2.45, 2.75) is 64.2 Å². The fourth-order valence-corrected chi connectivity index (χ4v) is 2.43. The van der Waals surface area contributed by atoms with Crippen LogP contribution in [0.15, 0.2) is 0 Å². The first-order chi connectivity index (χ1) is 9.69. The van der Waals surface area contributed by atoms with Crippen LogP contribution < -0.4 is 0 Å². The molecule has 0 unspecified atom stereocenters. The number of rotatable bonds is 4. The zero-order valence-electron chi connectivity index (χ0n) is 12.4. The Morgan fingerprint density at radius 3 is 2.43 bits per heavy atom. The molecule has 0 saturated carbocycles. The van der Waals surface area contributed by atoms with Crippen molar-refractivity contribution in [3.05, 3.63) is 0 Å². The molecule has 2 rings (SSSR count). The Hall–Kier alpha value is -1.22. The molecule has 21 heavy (non-hydrogen) atoms. The first-order valence-corrected chi connectivity index (χ1v) is 6.69. The number of fused-ring (bicyclic) bond motifs is 1. The molecule has 0 aromatic heterocycles. The topological polar surface area (TPSA) is 101 Å². The normalized spacial score (nSPS) is 35.1. The predicted octanol–water partition coefficient (Wildman–Crippen LogP) is -0.282. The summed E-state index contributed by atoms with van der Waals surface area (Å²) in [6.07, 6.45) is -4.31. The molecule has 2 aliphatic heterocycles. The summed E-state index contributed by atoms with van der Waals surface area (Å²) in [5.74, 6) is -1.94. The van der Waals surface area contributed by atoms with Crippen molar-refractivity contribution < 1.29 is 38.4 Å². The standard InChI is InChI=1S/C13H20O8/c1-6(14)17-5-8(18-7(2)15)10-9(16)11-12(19-10)21-13(3,4)20-11/h8-12,16H,5H2,1-4H3/t8-,9+,10-,11-,12-/m1/s1. The molecule has 0 aromatic carbocycles. The first kappa shape index (κ1) is 16.2. The fourth-order valence-electron chi connectivity index (χ4n) is 2.43. The summed E-state index contributed by atoms with van der Waals surface area (Å²) in [6.45, 7) is 5.66. The van der Waals surface area contributed by atoms with Crippen molar-refractivity contribution >= 4 is 11.9 Å². The molecule has 0 aliphatic carbocycles. The molecule has 0 spiro atoms. The third-order valence-corrected chi connectivity index (χ3v) is 3.19. The first-order valence-electron chi connectivity index (χ1n) is 6.69. The number of ether oxygens (including phenoxy) is 5. The van der Waals surface area contributed by atoms with Gasteiger partial charge in [0.2, 0.25) is 0 Å². The molecule has 0 radical (unpaired) electrons. The average molecular weight is 304 g/mol. The Kier molecular flexibility index (Phi) is 4.52. The van der Waals surface area contributed by atoms with Gasteiger partial charge >= 0.3 is 11.9 Å². The van der Waals surface area contributed by atoms with Crippen LogP contribution in [0.1, 0.15) is 27.7 Å². The van der Waals surface area contributed by atoms with E-state index in [2.05, 4.69) is 0 Å². The maximum atomic E-state index is 11.1. The number of carbonyl (C=O) groups is 2. The van der Waals surface area contributed by atoms with E-state index >= 15 is 0 Å². The average Bonchev–Trinajstić information content (AvgIpc) is 2.78. The van der Waals surface area contributed by atoms with Gasteiger partial charge in [-0.15, -0.1) is 0 Å². The number of carbonyl (C=O) groups excluding carboxylic acids is 2. The van der Waals surface area contributed by atoms with E-state index in [1.54, 1.807) is 13.8 Å². The number of esters is 2. The Morgan fingerprint density at radius 2 is 1.90 bits per heavy atom. The molecule has 8 nitrogen and oxygen atoms in total. The molecular weight excluding hydrogens is 284 g/mol. The van der Waals surface area contributed by atoms with Crippen LogP contribution in [-0.4, -0.2) is 60.1 Å². The van der Waals surface area contributed by atoms with Crippen molar-refractivity contribution in [2.24, 2.45) is 0 Å². The summed E-state index contributed by atoms with van der Waals surface area (Å²) < 4.78 is 26.5. The van der Waals surface area contributed by atoms with E-state index in [1.807, 2.05) is 0 Å². The van der Waals surface area contributed by atoms with Gasteiger partial charge in [0.05, 0.1) is 0 Å². The lowest BCUT2D eigenvalue weighted by molar-refractivity contribution is -0.231. The highest BCUT2D eigenvalue weighted by atomic mass is 16.8. The molecule has 120 valence electrons. The van der Waals surface area contributed by atoms with Crippen LogP contribution in [0, 0.1) is 0 Å². The van der Waals surface area contributed by atoms with Crippen LogP contribution >= 0.6 is 0 Å². The minimum absolute atomic E-state index is 0.209. The second-order valence-electron chi connectivity index (χ2n) is 5.51. The molecular formula is C13H20O8. The molecule has 8 heteroatoms. The van der Waals surface area contributed by atoms with Gasteiger partial charge < -0.3 is 28.8 Å². The lowest BCUT2D eigenvalue weighted by atomic mass is 10.1. The van der Waals surface area contributed by atoms with Gasteiger partial charge in [0.1, 0.15) is 24.9 Å². The molecule has 0 aromatic rings. The summed E-state index contributed by atoms with van der Waals surface area (Å²) in [6, 6.07) is 0. The van der Waals surface area contributed by atoms with Gasteiger partial charge in [0.25, 0.3) is 0 Å². The lowest BCUT2D eigenvalue weighted by Crippen LogP contribution is -2.45. The van der Waals surface area contributed by atoms with Gasteiger partial charge in [-0.2, -0.15) is 0 Å². The Balaban J connectivity index is 2.04. The van der Waals surface area contributed by atoms with E-state index in [0.29, 0.717) is 0 Å². The van der Waals surface area contributed by atoms with Crippen molar-refractivity contribution in [2.75, 3.05) is 6.61 Å². The van der Waals surface area contributed by atoms with Gasteiger partial charge in [-0.1, -0.05) is 0 Å². The van der Waals surface area contributed by atoms with Crippen molar-refractivity contribution in [1.29, 1.82) is 0 Å². The highest BCUT2D eigenvalue weighted by molar-refractivity contribution is 5.67. The third-order valence-electron chi connectivity index (χ3n) is 3.19. The van der Waals surface area contributed by atoms with Crippen LogP contribution in [0.3, 0.4) is 0 Å². The smallest absolute Gasteiger partial charge is 0.303 e. The van der Waals surface area contributed by atoms with E-state index in [4.69, 9.17) is 23.7 Å². The molecule has 2 fully saturated rings. The minimum atomic E-state index is -1.06. The van der Waals surface area contributed by atoms with E-state index in [-0.39, 0.29) is 6.61 Å². The van der Waals surface area contributed by atoms with Gasteiger partial charge in [0, 0.05) is 13.8 Å². The summed E-state index contributed by atoms with van der Waals surface area (Å²) >= 11 is 0. The second-order valence-corrected chi connectivity index (χ2v) is 5.51. The highest BCUT2D eigenvalue weighted by Gasteiger charge is 2.56. The van der Waals surface area contributed by atoms with Crippen LogP contribution in [0.5, 0.6) is 0 Å². The van der Waals surface area contributed by atoms with E-state index < -0.39 is 48.4 Å². The number of aliphatic hydroxyl groups excluding tert-OH is 1. The molecule has 5 atom stereocenters. The van der Waals surface area contributed by atoms with Gasteiger partial charge in [0.15, 0.2) is 18.2 Å². The van der Waals surface area contributed by atoms with Crippen molar-refractivity contribution in [3.8, 4) is 0 Å². The van der Waals surface area contributed by atoms with Crippen molar-refractivity contribution in [3.63, 3.8) is 0 Å². The largest absolute Gasteiger partial charge is 0.462 e. The van der Waals surface area contributed by atoms with E-state index in [1.165, 1.54) is 13.8 Å². The number of hydrogen-bond donors (Lipinski definition) is 1. The monoisotopic (exact) mass is 304 g/mol. The fraction of sp³-hybridized carbons (Fsp3) is 0.846. The molecule has 2 heterocycles. The third kappa shape index (κ3) is 3.70. The SMILES string of the molecule is CC(=O)OC[C@@H](OC(C)=O)[C@H]1O[C@@H]2OC(C)(C)O[C@@H]2[C@H]1O. The van der Waals surface area contributed by atoms with Crippen LogP contribution in [-0.2, 0) is 33.3 Å². The summed E-state index contributed by atoms with van der Waals surface area (Å²) in [4.78, 5) is 22.0. The van der Waals surface area contributed by atoms with Crippen LogP contribution in [0.4, 0.5) is 0 Å². The van der Waals surface area contributed by atoms with Crippen LogP contribution in [0.2, 0.25) is 0 Å². The van der Waals surface area contributed by atoms with Crippen LogP contribution in [0.25, 0.3) is 0 Å². The predicted molar refractivity (Wildman–Crippen MR) is 66.9 cm³/mol. The summed E-state index contributed by atoms with van der Waals surface area (Å²) in [7, 11) is 0. The maximum Gasteiger partial charge on any atom is 0.303 e. The van der Waals surface area contributed by atoms with Gasteiger partial charge in [-0.25, -0.2) is 0 Å². The van der Waals surface area contributed by atoms with E-state index in [0.717, 1.165) is 0 Å². The lowest BCUT2D eigenvalue weighted by Gasteiger charge is -2.27. The Morgan fingerprint density at radius 1 is 1.24 bits per heavy atom. The highest BCUT2D eigenvalue weighted by Crippen LogP contribution is 2.38.